The Hall–Kier alpha value is -2.61. The molecule has 0 spiro atoms. The van der Waals surface area contributed by atoms with Crippen LogP contribution in [0.15, 0.2) is 30.5 Å². The molecule has 9 heteroatoms. The summed E-state index contributed by atoms with van der Waals surface area (Å²) >= 11 is 12.8. The number of carbonyl (C=O) groups is 1. The van der Waals surface area contributed by atoms with Crippen LogP contribution in [-0.4, -0.2) is 48.7 Å². The number of pyridine rings is 1. The highest BCUT2D eigenvalue weighted by Crippen LogP contribution is 2.47. The van der Waals surface area contributed by atoms with Crippen molar-refractivity contribution in [1.29, 1.82) is 0 Å². The van der Waals surface area contributed by atoms with Gasteiger partial charge < -0.3 is 20.2 Å². The summed E-state index contributed by atoms with van der Waals surface area (Å²) < 4.78 is 15.7. The summed E-state index contributed by atoms with van der Waals surface area (Å²) in [5.74, 6) is -0.886. The maximum absolute atomic E-state index is 15.7. The van der Waals surface area contributed by atoms with Crippen molar-refractivity contribution >= 4 is 51.4 Å². The molecule has 0 bridgehead atoms. The molecule has 1 saturated heterocycles. The zero-order valence-electron chi connectivity index (χ0n) is 15.9. The molecule has 6 nitrogen and oxygen atoms in total. The monoisotopic (exact) mass is 446 g/mol. The van der Waals surface area contributed by atoms with Crippen molar-refractivity contribution in [1.82, 2.24) is 10.3 Å². The highest BCUT2D eigenvalue weighted by Gasteiger charge is 2.39. The lowest BCUT2D eigenvalue weighted by atomic mass is 9.98. The Kier molecular flexibility index (Phi) is 4.50. The summed E-state index contributed by atoms with van der Waals surface area (Å²) in [5, 5.41) is 14.3. The molecule has 3 aromatic rings. The van der Waals surface area contributed by atoms with Gasteiger partial charge in [0.05, 0.1) is 27.6 Å². The second kappa shape index (κ2) is 6.97. The third-order valence-corrected chi connectivity index (χ3v) is 6.37. The third kappa shape index (κ3) is 2.66. The van der Waals surface area contributed by atoms with E-state index in [1.54, 1.807) is 30.1 Å². The van der Waals surface area contributed by atoms with Crippen LogP contribution in [-0.2, 0) is 4.79 Å². The number of anilines is 2. The Morgan fingerprint density at radius 3 is 2.83 bits per heavy atom. The number of carbonyl (C=O) groups excluding carboxylic acids is 1. The van der Waals surface area contributed by atoms with Gasteiger partial charge >= 0.3 is 0 Å². The number of phenols is 1. The van der Waals surface area contributed by atoms with Gasteiger partial charge in [-0.05, 0) is 18.2 Å². The van der Waals surface area contributed by atoms with Gasteiger partial charge in [0.25, 0.3) is 5.91 Å². The van der Waals surface area contributed by atoms with Gasteiger partial charge in [0.15, 0.2) is 5.82 Å². The van der Waals surface area contributed by atoms with Gasteiger partial charge in [0.1, 0.15) is 17.3 Å². The minimum Gasteiger partial charge on any atom is -0.507 e. The van der Waals surface area contributed by atoms with Crippen LogP contribution >= 0.6 is 23.2 Å². The van der Waals surface area contributed by atoms with Crippen LogP contribution in [0.2, 0.25) is 10.0 Å². The third-order valence-electron chi connectivity index (χ3n) is 5.76. The molecule has 2 aliphatic heterocycles. The van der Waals surface area contributed by atoms with Crippen molar-refractivity contribution < 1.29 is 14.3 Å². The molecule has 0 aliphatic carbocycles. The second-order valence-corrected chi connectivity index (χ2v) is 8.19. The summed E-state index contributed by atoms with van der Waals surface area (Å²) in [6.45, 7) is 1.81. The second-order valence-electron chi connectivity index (χ2n) is 7.38. The lowest BCUT2D eigenvalue weighted by Crippen LogP contribution is -2.61. The summed E-state index contributed by atoms with van der Waals surface area (Å²) in [6, 6.07) is 5.80. The first kappa shape index (κ1) is 19.4. The van der Waals surface area contributed by atoms with Crippen molar-refractivity contribution in [2.24, 2.45) is 0 Å². The maximum Gasteiger partial charge on any atom is 0.250 e. The van der Waals surface area contributed by atoms with Crippen LogP contribution in [0.25, 0.3) is 22.0 Å². The van der Waals surface area contributed by atoms with Gasteiger partial charge in [-0.1, -0.05) is 29.3 Å². The van der Waals surface area contributed by atoms with Gasteiger partial charge in [0, 0.05) is 43.2 Å². The van der Waals surface area contributed by atoms with E-state index in [-0.39, 0.29) is 44.4 Å². The molecule has 30 heavy (non-hydrogen) atoms. The lowest BCUT2D eigenvalue weighted by molar-refractivity contribution is -0.120. The molecular weight excluding hydrogens is 430 g/mol. The number of rotatable bonds is 1. The predicted octanol–water partition coefficient (Wildman–Crippen LogP) is 3.81. The number of likely N-dealkylation sites (N-methyl/N-ethyl adjacent to an activating group) is 1. The van der Waals surface area contributed by atoms with Crippen molar-refractivity contribution in [3.05, 3.63) is 46.3 Å². The molecule has 5 rings (SSSR count). The van der Waals surface area contributed by atoms with Crippen LogP contribution in [0, 0.1) is 5.82 Å². The summed E-state index contributed by atoms with van der Waals surface area (Å²) in [7, 11) is 1.69. The number of phenolic OH excluding ortho intramolecular Hbond substituents is 1. The van der Waals surface area contributed by atoms with E-state index < -0.39 is 5.82 Å². The van der Waals surface area contributed by atoms with E-state index >= 15 is 4.39 Å². The van der Waals surface area contributed by atoms with Crippen LogP contribution in [0.3, 0.4) is 0 Å². The Labute approximate surface area is 181 Å². The van der Waals surface area contributed by atoms with Gasteiger partial charge in [-0.15, -0.1) is 0 Å². The fourth-order valence-electron chi connectivity index (χ4n) is 4.31. The minimum atomic E-state index is -0.671. The van der Waals surface area contributed by atoms with Gasteiger partial charge in [-0.25, -0.2) is 4.39 Å². The van der Waals surface area contributed by atoms with E-state index in [2.05, 4.69) is 10.3 Å². The summed E-state index contributed by atoms with van der Waals surface area (Å²) in [4.78, 5) is 20.6. The molecule has 2 aliphatic rings. The number of hydrogen-bond acceptors (Lipinski definition) is 5. The average molecular weight is 447 g/mol. The number of nitrogens with one attached hydrogen (secondary N) is 1. The number of halogens is 3. The molecule has 0 radical (unpaired) electrons. The zero-order valence-corrected chi connectivity index (χ0v) is 17.4. The first-order chi connectivity index (χ1) is 14.4. The van der Waals surface area contributed by atoms with Crippen molar-refractivity contribution in [3.8, 4) is 16.9 Å². The van der Waals surface area contributed by atoms with Crippen LogP contribution in [0.4, 0.5) is 15.8 Å². The minimum absolute atomic E-state index is 0.00295. The van der Waals surface area contributed by atoms with Gasteiger partial charge in [0.2, 0.25) is 0 Å². The fraction of sp³-hybridized carbons (Fsp3) is 0.238. The van der Waals surface area contributed by atoms with E-state index in [0.717, 1.165) is 5.69 Å². The first-order valence-corrected chi connectivity index (χ1v) is 10.2. The molecule has 0 saturated carbocycles. The first-order valence-electron chi connectivity index (χ1n) is 9.43. The van der Waals surface area contributed by atoms with Gasteiger partial charge in [-0.3, -0.25) is 9.78 Å². The Bertz CT molecular complexity index is 1200. The normalized spacial score (nSPS) is 18.5. The van der Waals surface area contributed by atoms with Crippen LogP contribution in [0.1, 0.15) is 0 Å². The maximum atomic E-state index is 15.7. The topological polar surface area (TPSA) is 68.7 Å². The number of fused-ring (bicyclic) bond motifs is 5. The lowest BCUT2D eigenvalue weighted by Gasteiger charge is -2.44. The van der Waals surface area contributed by atoms with E-state index in [4.69, 9.17) is 23.2 Å². The molecule has 154 valence electrons. The molecular formula is C21H17Cl2FN4O2. The molecule has 1 atom stereocenters. The zero-order chi connectivity index (χ0) is 21.2. The van der Waals surface area contributed by atoms with E-state index in [0.29, 0.717) is 30.7 Å². The fourth-order valence-corrected chi connectivity index (χ4v) is 4.86. The number of amides is 1. The highest BCUT2D eigenvalue weighted by atomic mass is 35.5. The van der Waals surface area contributed by atoms with E-state index in [9.17, 15) is 9.90 Å². The molecule has 1 fully saturated rings. The highest BCUT2D eigenvalue weighted by molar-refractivity contribution is 6.37. The molecule has 2 N–H and O–H groups in total. The van der Waals surface area contributed by atoms with Crippen LogP contribution < -0.4 is 15.1 Å². The largest absolute Gasteiger partial charge is 0.507 e. The number of benzene rings is 2. The van der Waals surface area contributed by atoms with E-state index in [1.165, 1.54) is 12.3 Å². The summed E-state index contributed by atoms with van der Waals surface area (Å²) in [6.07, 6.45) is 1.50. The number of aromatic nitrogens is 1. The molecule has 3 heterocycles. The van der Waals surface area contributed by atoms with Gasteiger partial charge in [-0.2, -0.15) is 0 Å². The SMILES string of the molecule is CN1C(=O)[C@H]2CNCCN2c2c1cnc1c(F)c(-c3c(O)cccc3Cl)c(Cl)cc21. The van der Waals surface area contributed by atoms with Crippen molar-refractivity contribution in [2.45, 2.75) is 6.04 Å². The number of piperazine rings is 1. The molecule has 0 unspecified atom stereocenters. The number of hydrogen-bond donors (Lipinski definition) is 2. The standard InChI is InChI=1S/C21H17Cl2FN4O2/c1-27-13-9-26-19-10(20(13)28-6-5-25-8-14(28)21(27)30)7-12(23)17(18(19)24)16-11(22)3-2-4-15(16)29/h2-4,7,9,14,25,29H,5-6,8H2,1H3/t14-/m1/s1. The molecule has 1 aromatic heterocycles. The van der Waals surface area contributed by atoms with E-state index in [1.807, 2.05) is 4.90 Å². The quantitative estimate of drug-likeness (QED) is 0.594. The predicted molar refractivity (Wildman–Crippen MR) is 116 cm³/mol. The summed E-state index contributed by atoms with van der Waals surface area (Å²) in [5.41, 5.74) is 1.55. The smallest absolute Gasteiger partial charge is 0.250 e. The van der Waals surface area contributed by atoms with Crippen molar-refractivity contribution in [2.75, 3.05) is 36.5 Å². The van der Waals surface area contributed by atoms with Crippen LogP contribution in [0.5, 0.6) is 5.75 Å². The molecule has 2 aromatic carbocycles. The Morgan fingerprint density at radius 2 is 2.07 bits per heavy atom. The Balaban J connectivity index is 1.82. The number of nitrogens with zero attached hydrogens (tertiary/aromatic N) is 3. The Morgan fingerprint density at radius 1 is 1.27 bits per heavy atom. The van der Waals surface area contributed by atoms with Crippen molar-refractivity contribution in [3.63, 3.8) is 0 Å². The average Bonchev–Trinajstić information content (AvgIpc) is 2.73. The number of aromatic hydroxyl groups is 1. The molecule has 1 amide bonds.